The van der Waals surface area contributed by atoms with Crippen LogP contribution in [-0.2, 0) is 9.59 Å². The van der Waals surface area contributed by atoms with Gasteiger partial charge in [-0.2, -0.15) is 0 Å². The molecule has 1 saturated carbocycles. The van der Waals surface area contributed by atoms with Gasteiger partial charge in [0, 0.05) is 6.54 Å². The second-order valence-electron chi connectivity index (χ2n) is 6.30. The number of piperazine rings is 1. The maximum absolute atomic E-state index is 12.9. The summed E-state index contributed by atoms with van der Waals surface area (Å²) in [4.78, 5) is 27.1. The molecule has 1 heterocycles. The molecule has 0 aromatic heterocycles. The molecule has 20 heavy (non-hydrogen) atoms. The number of hydrogen-bond acceptors (Lipinski definition) is 2. The molecule has 1 saturated heterocycles. The van der Waals surface area contributed by atoms with E-state index in [1.165, 1.54) is 5.57 Å². The maximum atomic E-state index is 12.9. The number of carbonyl (C=O) groups is 2. The van der Waals surface area contributed by atoms with Gasteiger partial charge in [-0.15, -0.1) is 0 Å². The normalized spacial score (nSPS) is 25.6. The van der Waals surface area contributed by atoms with Gasteiger partial charge in [0.05, 0.1) is 0 Å². The summed E-state index contributed by atoms with van der Waals surface area (Å²) in [7, 11) is 0. The van der Waals surface area contributed by atoms with E-state index < -0.39 is 5.54 Å². The molecule has 4 heteroatoms. The molecule has 0 radical (unpaired) electrons. The van der Waals surface area contributed by atoms with E-state index in [-0.39, 0.29) is 17.9 Å². The Morgan fingerprint density at radius 1 is 1.30 bits per heavy atom. The second-order valence-corrected chi connectivity index (χ2v) is 6.30. The third-order valence-corrected chi connectivity index (χ3v) is 4.50. The Morgan fingerprint density at radius 2 is 1.95 bits per heavy atom. The van der Waals surface area contributed by atoms with Crippen molar-refractivity contribution in [2.75, 3.05) is 6.54 Å². The Kier molecular flexibility index (Phi) is 4.51. The molecule has 1 unspecified atom stereocenters. The summed E-state index contributed by atoms with van der Waals surface area (Å²) in [5.74, 6) is 0.150. The monoisotopic (exact) mass is 278 g/mol. The number of nitrogens with zero attached hydrogens (tertiary/aromatic N) is 1. The van der Waals surface area contributed by atoms with Crippen LogP contribution in [0.2, 0.25) is 0 Å². The van der Waals surface area contributed by atoms with E-state index >= 15 is 0 Å². The fourth-order valence-electron chi connectivity index (χ4n) is 3.32. The summed E-state index contributed by atoms with van der Waals surface area (Å²) in [6.45, 7) is 6.55. The first-order chi connectivity index (χ1) is 9.50. The van der Waals surface area contributed by atoms with Gasteiger partial charge >= 0.3 is 0 Å². The molecular formula is C16H26N2O2. The number of amides is 2. The van der Waals surface area contributed by atoms with Crippen LogP contribution in [-0.4, -0.2) is 34.8 Å². The lowest BCUT2D eigenvalue weighted by atomic mass is 9.78. The fraction of sp³-hybridized carbons (Fsp3) is 0.750. The van der Waals surface area contributed by atoms with E-state index in [4.69, 9.17) is 0 Å². The van der Waals surface area contributed by atoms with Gasteiger partial charge in [-0.25, -0.2) is 0 Å². The minimum Gasteiger partial charge on any atom is -0.340 e. The second kappa shape index (κ2) is 5.98. The van der Waals surface area contributed by atoms with Crippen molar-refractivity contribution in [3.8, 4) is 0 Å². The third kappa shape index (κ3) is 2.74. The molecule has 1 atom stereocenters. The molecule has 112 valence electrons. The van der Waals surface area contributed by atoms with Crippen molar-refractivity contribution < 1.29 is 9.59 Å². The molecule has 2 aliphatic rings. The van der Waals surface area contributed by atoms with Crippen LogP contribution in [0.4, 0.5) is 0 Å². The van der Waals surface area contributed by atoms with Crippen LogP contribution in [0.25, 0.3) is 0 Å². The Morgan fingerprint density at radius 3 is 2.50 bits per heavy atom. The molecule has 0 bridgehead atoms. The summed E-state index contributed by atoms with van der Waals surface area (Å²) in [5.41, 5.74) is 0.563. The molecule has 4 nitrogen and oxygen atoms in total. The first kappa shape index (κ1) is 15.1. The van der Waals surface area contributed by atoms with Crippen LogP contribution in [0.5, 0.6) is 0 Å². The van der Waals surface area contributed by atoms with Crippen LogP contribution in [0.1, 0.15) is 59.3 Å². The molecule has 1 aliphatic carbocycles. The highest BCUT2D eigenvalue weighted by molar-refractivity contribution is 6.00. The van der Waals surface area contributed by atoms with Gasteiger partial charge in [-0.1, -0.05) is 37.8 Å². The molecule has 1 aliphatic heterocycles. The predicted octanol–water partition coefficient (Wildman–Crippen LogP) is 2.39. The number of rotatable bonds is 3. The Bertz CT molecular complexity index is 418. The summed E-state index contributed by atoms with van der Waals surface area (Å²) in [6, 6.07) is -0.314. The molecule has 0 aromatic carbocycles. The number of hydrogen-bond donors (Lipinski definition) is 1. The lowest BCUT2D eigenvalue weighted by Gasteiger charge is -2.47. The zero-order valence-corrected chi connectivity index (χ0v) is 12.9. The molecule has 2 rings (SSSR count). The van der Waals surface area contributed by atoms with Gasteiger partial charge in [-0.3, -0.25) is 9.59 Å². The van der Waals surface area contributed by atoms with E-state index in [0.29, 0.717) is 13.0 Å². The summed E-state index contributed by atoms with van der Waals surface area (Å²) in [6.07, 6.45) is 7.51. The molecular weight excluding hydrogens is 252 g/mol. The summed E-state index contributed by atoms with van der Waals surface area (Å²) < 4.78 is 0. The van der Waals surface area contributed by atoms with Crippen LogP contribution in [0.15, 0.2) is 11.6 Å². The lowest BCUT2D eigenvalue weighted by Crippen LogP contribution is -2.70. The van der Waals surface area contributed by atoms with Crippen molar-refractivity contribution in [2.45, 2.75) is 70.9 Å². The quantitative estimate of drug-likeness (QED) is 0.806. The number of carbonyl (C=O) groups excluding carboxylic acids is 2. The topological polar surface area (TPSA) is 49.4 Å². The highest BCUT2D eigenvalue weighted by Gasteiger charge is 2.50. The molecule has 1 spiro atoms. The first-order valence-corrected chi connectivity index (χ1v) is 7.76. The van der Waals surface area contributed by atoms with Gasteiger partial charge < -0.3 is 10.2 Å². The van der Waals surface area contributed by atoms with Crippen LogP contribution in [0.3, 0.4) is 0 Å². The maximum Gasteiger partial charge on any atom is 0.249 e. The number of nitrogens with one attached hydrogen (secondary N) is 1. The van der Waals surface area contributed by atoms with Crippen molar-refractivity contribution in [1.29, 1.82) is 0 Å². The van der Waals surface area contributed by atoms with Gasteiger partial charge in [0.25, 0.3) is 0 Å². The number of allylic oxidation sites excluding steroid dienone is 1. The SMILES string of the molecule is CCC1C(=O)NC2(CCCCC2)C(=O)N1CC=C(C)C. The standard InChI is InChI=1S/C16H26N2O2/c1-4-13-14(19)17-16(9-6-5-7-10-16)15(20)18(13)11-8-12(2)3/h8,13H,4-7,9-11H2,1-3H3,(H,17,19). The first-order valence-electron chi connectivity index (χ1n) is 7.76. The van der Waals surface area contributed by atoms with Crippen LogP contribution in [0, 0.1) is 0 Å². The van der Waals surface area contributed by atoms with E-state index in [0.717, 1.165) is 32.1 Å². The third-order valence-electron chi connectivity index (χ3n) is 4.50. The Labute approximate surface area is 121 Å². The molecule has 2 fully saturated rings. The minimum atomic E-state index is -0.615. The van der Waals surface area contributed by atoms with Crippen molar-refractivity contribution in [1.82, 2.24) is 10.2 Å². The van der Waals surface area contributed by atoms with Crippen molar-refractivity contribution >= 4 is 11.8 Å². The van der Waals surface area contributed by atoms with Gasteiger partial charge in [-0.05, 0) is 33.1 Å². The summed E-state index contributed by atoms with van der Waals surface area (Å²) >= 11 is 0. The van der Waals surface area contributed by atoms with Gasteiger partial charge in [0.1, 0.15) is 11.6 Å². The highest BCUT2D eigenvalue weighted by atomic mass is 16.2. The predicted molar refractivity (Wildman–Crippen MR) is 79.2 cm³/mol. The fourth-order valence-corrected chi connectivity index (χ4v) is 3.32. The molecule has 2 amide bonds. The van der Waals surface area contributed by atoms with Crippen molar-refractivity contribution in [3.05, 3.63) is 11.6 Å². The van der Waals surface area contributed by atoms with E-state index in [9.17, 15) is 9.59 Å². The lowest BCUT2D eigenvalue weighted by molar-refractivity contribution is -0.156. The Hall–Kier alpha value is -1.32. The van der Waals surface area contributed by atoms with Crippen LogP contribution >= 0.6 is 0 Å². The van der Waals surface area contributed by atoms with Crippen LogP contribution < -0.4 is 5.32 Å². The Balaban J connectivity index is 2.26. The minimum absolute atomic E-state index is 0.0242. The highest BCUT2D eigenvalue weighted by Crippen LogP contribution is 2.33. The largest absolute Gasteiger partial charge is 0.340 e. The van der Waals surface area contributed by atoms with E-state index in [2.05, 4.69) is 5.32 Å². The summed E-state index contributed by atoms with van der Waals surface area (Å²) in [5, 5.41) is 3.05. The van der Waals surface area contributed by atoms with Crippen molar-refractivity contribution in [3.63, 3.8) is 0 Å². The zero-order chi connectivity index (χ0) is 14.8. The smallest absolute Gasteiger partial charge is 0.249 e. The van der Waals surface area contributed by atoms with Crippen molar-refractivity contribution in [2.24, 2.45) is 0 Å². The average Bonchev–Trinajstić information content (AvgIpc) is 2.42. The molecule has 1 N–H and O–H groups in total. The average molecular weight is 278 g/mol. The van der Waals surface area contributed by atoms with E-state index in [1.807, 2.05) is 26.8 Å². The zero-order valence-electron chi connectivity index (χ0n) is 12.9. The molecule has 0 aromatic rings. The van der Waals surface area contributed by atoms with E-state index in [1.54, 1.807) is 4.90 Å². The van der Waals surface area contributed by atoms with Gasteiger partial charge in [0.2, 0.25) is 11.8 Å². The van der Waals surface area contributed by atoms with Gasteiger partial charge in [0.15, 0.2) is 0 Å².